The van der Waals surface area contributed by atoms with Crippen LogP contribution in [0.4, 0.5) is 14.5 Å². The molecule has 114 valence electrons. The number of nitrogens with zero attached hydrogens (tertiary/aromatic N) is 1. The van der Waals surface area contributed by atoms with E-state index >= 15 is 0 Å². The summed E-state index contributed by atoms with van der Waals surface area (Å²) in [5.41, 5.74) is -0.209. The zero-order valence-corrected chi connectivity index (χ0v) is 11.9. The first-order valence-electron chi connectivity index (χ1n) is 7.43. The number of aliphatic hydroxyl groups excluding tert-OH is 1. The molecule has 1 aliphatic rings. The minimum atomic E-state index is -0.746. The van der Waals surface area contributed by atoms with Gasteiger partial charge in [-0.3, -0.25) is 0 Å². The summed E-state index contributed by atoms with van der Waals surface area (Å²) in [4.78, 5) is 0. The highest BCUT2D eigenvalue weighted by Gasteiger charge is 2.22. The van der Waals surface area contributed by atoms with Crippen LogP contribution in [-0.2, 0) is 0 Å². The minimum Gasteiger partial charge on any atom is -0.393 e. The van der Waals surface area contributed by atoms with Crippen LogP contribution in [0.1, 0.15) is 44.1 Å². The van der Waals surface area contributed by atoms with Gasteiger partial charge >= 0.3 is 0 Å². The molecule has 2 unspecified atom stereocenters. The molecular weight excluding hydrogens is 274 g/mol. The molecule has 2 atom stereocenters. The molecule has 21 heavy (non-hydrogen) atoms. The topological polar surface area (TPSA) is 56.0 Å². The largest absolute Gasteiger partial charge is 0.393 e. The van der Waals surface area contributed by atoms with Crippen molar-refractivity contribution in [2.24, 2.45) is 5.92 Å². The zero-order valence-electron chi connectivity index (χ0n) is 11.9. The SMILES string of the molecule is N#Cc1cc(F)c(NCCCC2CCCCC2O)c(F)c1. The van der Waals surface area contributed by atoms with Crippen LogP contribution in [-0.4, -0.2) is 17.8 Å². The molecule has 0 spiro atoms. The Balaban J connectivity index is 1.82. The van der Waals surface area contributed by atoms with Crippen LogP contribution in [0.3, 0.4) is 0 Å². The lowest BCUT2D eigenvalue weighted by Crippen LogP contribution is -2.24. The number of hydrogen-bond acceptors (Lipinski definition) is 3. The predicted molar refractivity (Wildman–Crippen MR) is 76.8 cm³/mol. The Labute approximate surface area is 123 Å². The Morgan fingerprint density at radius 2 is 1.90 bits per heavy atom. The number of nitriles is 1. The van der Waals surface area contributed by atoms with E-state index in [4.69, 9.17) is 5.26 Å². The first-order valence-corrected chi connectivity index (χ1v) is 7.43. The van der Waals surface area contributed by atoms with Gasteiger partial charge < -0.3 is 10.4 Å². The normalized spacial score (nSPS) is 21.8. The van der Waals surface area contributed by atoms with Crippen LogP contribution in [0, 0.1) is 28.9 Å². The fourth-order valence-corrected chi connectivity index (χ4v) is 2.91. The summed E-state index contributed by atoms with van der Waals surface area (Å²) in [5, 5.41) is 21.2. The molecule has 0 aliphatic heterocycles. The number of nitrogens with one attached hydrogen (secondary N) is 1. The van der Waals surface area contributed by atoms with Gasteiger partial charge in [0.2, 0.25) is 0 Å². The Bertz CT molecular complexity index is 504. The van der Waals surface area contributed by atoms with Gasteiger partial charge in [-0.15, -0.1) is 0 Å². The van der Waals surface area contributed by atoms with Gasteiger partial charge in [0.05, 0.1) is 17.7 Å². The van der Waals surface area contributed by atoms with Crippen molar-refractivity contribution in [3.63, 3.8) is 0 Å². The van der Waals surface area contributed by atoms with Crippen LogP contribution in [0.5, 0.6) is 0 Å². The Kier molecular flexibility index (Phi) is 5.51. The van der Waals surface area contributed by atoms with E-state index in [1.807, 2.05) is 0 Å². The van der Waals surface area contributed by atoms with Gasteiger partial charge in [0.15, 0.2) is 11.6 Å². The quantitative estimate of drug-likeness (QED) is 0.816. The van der Waals surface area contributed by atoms with E-state index in [0.717, 1.165) is 50.7 Å². The third-order valence-electron chi connectivity index (χ3n) is 4.09. The number of halogens is 2. The predicted octanol–water partition coefficient (Wildman–Crippen LogP) is 3.58. The highest BCUT2D eigenvalue weighted by molar-refractivity contribution is 5.50. The summed E-state index contributed by atoms with van der Waals surface area (Å²) in [5.74, 6) is -1.19. The first kappa shape index (κ1) is 15.7. The van der Waals surface area contributed by atoms with E-state index in [9.17, 15) is 13.9 Å². The van der Waals surface area contributed by atoms with E-state index in [0.29, 0.717) is 12.5 Å². The summed E-state index contributed by atoms with van der Waals surface area (Å²) in [6.45, 7) is 0.447. The van der Waals surface area contributed by atoms with E-state index < -0.39 is 11.6 Å². The van der Waals surface area contributed by atoms with E-state index in [2.05, 4.69) is 5.32 Å². The zero-order chi connectivity index (χ0) is 15.2. The lowest BCUT2D eigenvalue weighted by molar-refractivity contribution is 0.0648. The van der Waals surface area contributed by atoms with Crippen molar-refractivity contribution in [3.05, 3.63) is 29.3 Å². The average molecular weight is 294 g/mol. The second-order valence-electron chi connectivity index (χ2n) is 5.61. The van der Waals surface area contributed by atoms with Gasteiger partial charge in [0, 0.05) is 6.54 Å². The minimum absolute atomic E-state index is 0.0270. The summed E-state index contributed by atoms with van der Waals surface area (Å²) in [6.07, 6.45) is 5.49. The monoisotopic (exact) mass is 294 g/mol. The maximum absolute atomic E-state index is 13.6. The molecule has 0 amide bonds. The molecule has 0 aromatic heterocycles. The summed E-state index contributed by atoms with van der Waals surface area (Å²) in [6, 6.07) is 3.76. The van der Waals surface area contributed by atoms with Crippen molar-refractivity contribution in [1.29, 1.82) is 5.26 Å². The van der Waals surface area contributed by atoms with Gasteiger partial charge in [-0.1, -0.05) is 12.8 Å². The smallest absolute Gasteiger partial charge is 0.150 e. The number of rotatable bonds is 5. The molecule has 1 aromatic rings. The van der Waals surface area contributed by atoms with Crippen molar-refractivity contribution in [2.75, 3.05) is 11.9 Å². The van der Waals surface area contributed by atoms with Gasteiger partial charge in [0.25, 0.3) is 0 Å². The van der Waals surface area contributed by atoms with Crippen LogP contribution in [0.15, 0.2) is 12.1 Å². The molecule has 1 aromatic carbocycles. The van der Waals surface area contributed by atoms with E-state index in [1.54, 1.807) is 6.07 Å². The lowest BCUT2D eigenvalue weighted by Gasteiger charge is -2.27. The molecule has 0 bridgehead atoms. The van der Waals surface area contributed by atoms with Crippen molar-refractivity contribution >= 4 is 5.69 Å². The molecule has 2 N–H and O–H groups in total. The van der Waals surface area contributed by atoms with Gasteiger partial charge in [-0.25, -0.2) is 8.78 Å². The molecule has 5 heteroatoms. The molecule has 1 saturated carbocycles. The molecule has 0 saturated heterocycles. The summed E-state index contributed by atoms with van der Waals surface area (Å²) in [7, 11) is 0. The van der Waals surface area contributed by atoms with E-state index in [1.165, 1.54) is 0 Å². The third kappa shape index (κ3) is 4.15. The number of benzene rings is 1. The third-order valence-corrected chi connectivity index (χ3v) is 4.09. The van der Waals surface area contributed by atoms with Crippen molar-refractivity contribution in [3.8, 4) is 6.07 Å². The Morgan fingerprint density at radius 3 is 2.52 bits per heavy atom. The number of hydrogen-bond donors (Lipinski definition) is 2. The lowest BCUT2D eigenvalue weighted by atomic mass is 9.83. The first-order chi connectivity index (χ1) is 10.1. The molecule has 1 fully saturated rings. The van der Waals surface area contributed by atoms with Crippen LogP contribution < -0.4 is 5.32 Å². The van der Waals surface area contributed by atoms with Crippen LogP contribution in [0.2, 0.25) is 0 Å². The summed E-state index contributed by atoms with van der Waals surface area (Å²) < 4.78 is 27.3. The fraction of sp³-hybridized carbons (Fsp3) is 0.562. The molecule has 1 aliphatic carbocycles. The van der Waals surface area contributed by atoms with Crippen molar-refractivity contribution in [1.82, 2.24) is 0 Å². The van der Waals surface area contributed by atoms with Crippen LogP contribution >= 0.6 is 0 Å². The molecule has 2 rings (SSSR count). The Hall–Kier alpha value is -1.67. The Morgan fingerprint density at radius 1 is 1.24 bits per heavy atom. The fourth-order valence-electron chi connectivity index (χ4n) is 2.91. The van der Waals surface area contributed by atoms with Crippen molar-refractivity contribution < 1.29 is 13.9 Å². The van der Waals surface area contributed by atoms with E-state index in [-0.39, 0.29) is 17.4 Å². The standard InChI is InChI=1S/C16H20F2N2O/c17-13-8-11(10-19)9-14(18)16(13)20-7-3-5-12-4-1-2-6-15(12)21/h8-9,12,15,20-21H,1-7H2. The highest BCUT2D eigenvalue weighted by atomic mass is 19.1. The number of aliphatic hydroxyl groups is 1. The number of anilines is 1. The van der Waals surface area contributed by atoms with Gasteiger partial charge in [-0.05, 0) is 43.7 Å². The second kappa shape index (κ2) is 7.37. The average Bonchev–Trinajstić information content (AvgIpc) is 2.47. The molecular formula is C16H20F2N2O. The van der Waals surface area contributed by atoms with Gasteiger partial charge in [0.1, 0.15) is 5.69 Å². The van der Waals surface area contributed by atoms with Crippen molar-refractivity contribution in [2.45, 2.75) is 44.6 Å². The molecule has 0 radical (unpaired) electrons. The summed E-state index contributed by atoms with van der Waals surface area (Å²) >= 11 is 0. The maximum Gasteiger partial charge on any atom is 0.150 e. The maximum atomic E-state index is 13.6. The molecule has 3 nitrogen and oxygen atoms in total. The second-order valence-corrected chi connectivity index (χ2v) is 5.61. The highest BCUT2D eigenvalue weighted by Crippen LogP contribution is 2.28. The van der Waals surface area contributed by atoms with Crippen LogP contribution in [0.25, 0.3) is 0 Å². The molecule has 0 heterocycles. The van der Waals surface area contributed by atoms with Gasteiger partial charge in [-0.2, -0.15) is 5.26 Å².